The molecule has 4 aromatic rings. The highest BCUT2D eigenvalue weighted by Crippen LogP contribution is 2.35. The van der Waals surface area contributed by atoms with Crippen molar-refractivity contribution in [3.05, 3.63) is 47.2 Å². The van der Waals surface area contributed by atoms with Crippen molar-refractivity contribution in [1.82, 2.24) is 14.3 Å². The van der Waals surface area contributed by atoms with E-state index in [9.17, 15) is 17.6 Å². The SMILES string of the molecule is Cc1nc2c(ccc3nc(NC(=O)C4CCCN(S(=O)(=O)c5ccc(F)cc5)C4)sc32)s1. The van der Waals surface area contributed by atoms with Crippen molar-refractivity contribution in [2.24, 2.45) is 5.92 Å². The minimum Gasteiger partial charge on any atom is -0.302 e. The van der Waals surface area contributed by atoms with Crippen LogP contribution in [0.5, 0.6) is 0 Å². The van der Waals surface area contributed by atoms with Crippen LogP contribution in [0.2, 0.25) is 0 Å². The summed E-state index contributed by atoms with van der Waals surface area (Å²) in [4.78, 5) is 22.0. The average Bonchev–Trinajstić information content (AvgIpc) is 3.36. The van der Waals surface area contributed by atoms with E-state index >= 15 is 0 Å². The highest BCUT2D eigenvalue weighted by atomic mass is 32.2. The summed E-state index contributed by atoms with van der Waals surface area (Å²) in [7, 11) is -3.79. The lowest BCUT2D eigenvalue weighted by Crippen LogP contribution is -2.43. The number of hydrogen-bond donors (Lipinski definition) is 1. The summed E-state index contributed by atoms with van der Waals surface area (Å²) in [6, 6.07) is 8.63. The zero-order valence-corrected chi connectivity index (χ0v) is 19.5. The molecular formula is C21H19FN4O3S3. The van der Waals surface area contributed by atoms with Gasteiger partial charge in [0, 0.05) is 13.1 Å². The smallest absolute Gasteiger partial charge is 0.243 e. The van der Waals surface area contributed by atoms with Gasteiger partial charge in [0.2, 0.25) is 15.9 Å². The van der Waals surface area contributed by atoms with Crippen LogP contribution >= 0.6 is 22.7 Å². The zero-order chi connectivity index (χ0) is 22.5. The second-order valence-corrected chi connectivity index (χ2v) is 11.8. The van der Waals surface area contributed by atoms with E-state index < -0.39 is 21.8 Å². The van der Waals surface area contributed by atoms with Gasteiger partial charge in [-0.15, -0.1) is 11.3 Å². The Morgan fingerprint density at radius 1 is 1.16 bits per heavy atom. The molecule has 0 radical (unpaired) electrons. The zero-order valence-electron chi connectivity index (χ0n) is 17.0. The summed E-state index contributed by atoms with van der Waals surface area (Å²) < 4.78 is 42.3. The van der Waals surface area contributed by atoms with Gasteiger partial charge in [-0.3, -0.25) is 4.79 Å². The molecule has 2 aromatic heterocycles. The molecule has 3 heterocycles. The van der Waals surface area contributed by atoms with Crippen molar-refractivity contribution in [3.63, 3.8) is 0 Å². The van der Waals surface area contributed by atoms with Crippen LogP contribution in [-0.2, 0) is 14.8 Å². The first-order valence-electron chi connectivity index (χ1n) is 10.0. The molecule has 32 heavy (non-hydrogen) atoms. The van der Waals surface area contributed by atoms with E-state index in [4.69, 9.17) is 0 Å². The Bertz CT molecular complexity index is 1430. The van der Waals surface area contributed by atoms with Crippen LogP contribution in [0.25, 0.3) is 20.4 Å². The number of amides is 1. The summed E-state index contributed by atoms with van der Waals surface area (Å²) in [6.07, 6.45) is 1.15. The predicted molar refractivity (Wildman–Crippen MR) is 124 cm³/mol. The van der Waals surface area contributed by atoms with Gasteiger partial charge in [-0.25, -0.2) is 22.8 Å². The van der Waals surface area contributed by atoms with Crippen LogP contribution in [-0.4, -0.2) is 41.7 Å². The fourth-order valence-corrected chi connectivity index (χ4v) is 7.26. The number of fused-ring (bicyclic) bond motifs is 3. The molecule has 1 unspecified atom stereocenters. The summed E-state index contributed by atoms with van der Waals surface area (Å²) in [5, 5.41) is 4.31. The van der Waals surface area contributed by atoms with Crippen LogP contribution in [0.3, 0.4) is 0 Å². The third-order valence-corrected chi connectivity index (χ3v) is 9.27. The lowest BCUT2D eigenvalue weighted by atomic mass is 9.99. The standard InChI is InChI=1S/C21H19FN4O3S3/c1-12-23-18-17(30-12)9-8-16-19(18)31-21(24-16)25-20(27)13-3-2-10-26(11-13)32(28,29)15-6-4-14(22)5-7-15/h4-9,13H,2-3,10-11H2,1H3,(H,24,25,27). The number of sulfonamides is 1. The lowest BCUT2D eigenvalue weighted by molar-refractivity contribution is -0.120. The van der Waals surface area contributed by atoms with Crippen LogP contribution < -0.4 is 5.32 Å². The average molecular weight is 491 g/mol. The summed E-state index contributed by atoms with van der Waals surface area (Å²) >= 11 is 2.98. The number of nitrogens with one attached hydrogen (secondary N) is 1. The van der Waals surface area contributed by atoms with Crippen molar-refractivity contribution in [2.75, 3.05) is 18.4 Å². The molecule has 11 heteroatoms. The molecule has 7 nitrogen and oxygen atoms in total. The molecular weight excluding hydrogens is 471 g/mol. The third-order valence-electron chi connectivity index (χ3n) is 5.46. The first-order valence-corrected chi connectivity index (χ1v) is 13.1. The maximum atomic E-state index is 13.2. The topological polar surface area (TPSA) is 92.3 Å². The maximum absolute atomic E-state index is 13.2. The Morgan fingerprint density at radius 2 is 1.94 bits per heavy atom. The van der Waals surface area contributed by atoms with Gasteiger partial charge >= 0.3 is 0 Å². The van der Waals surface area contributed by atoms with E-state index in [1.54, 1.807) is 11.3 Å². The van der Waals surface area contributed by atoms with Gasteiger partial charge in [0.05, 0.1) is 30.7 Å². The second-order valence-electron chi connectivity index (χ2n) is 7.66. The number of carbonyl (C=O) groups is 1. The molecule has 0 aliphatic carbocycles. The number of aryl methyl sites for hydroxylation is 1. The van der Waals surface area contributed by atoms with Crippen molar-refractivity contribution in [1.29, 1.82) is 0 Å². The molecule has 1 aliphatic heterocycles. The van der Waals surface area contributed by atoms with E-state index in [1.807, 2.05) is 19.1 Å². The van der Waals surface area contributed by atoms with Crippen molar-refractivity contribution < 1.29 is 17.6 Å². The quantitative estimate of drug-likeness (QED) is 0.458. The highest BCUT2D eigenvalue weighted by Gasteiger charge is 2.33. The Labute approximate surface area is 192 Å². The molecule has 0 spiro atoms. The van der Waals surface area contributed by atoms with Gasteiger partial charge in [0.25, 0.3) is 0 Å². The molecule has 2 aromatic carbocycles. The molecule has 1 aliphatic rings. The number of piperidine rings is 1. The summed E-state index contributed by atoms with van der Waals surface area (Å²) in [5.41, 5.74) is 1.66. The van der Waals surface area contributed by atoms with E-state index in [-0.39, 0.29) is 17.3 Å². The number of carbonyl (C=O) groups excluding carboxylic acids is 1. The van der Waals surface area contributed by atoms with Gasteiger partial charge in [0.1, 0.15) is 11.3 Å². The van der Waals surface area contributed by atoms with Gasteiger partial charge in [-0.05, 0) is 56.2 Å². The second kappa shape index (κ2) is 8.14. The van der Waals surface area contributed by atoms with E-state index in [2.05, 4.69) is 15.3 Å². The number of rotatable bonds is 4. The molecule has 1 N–H and O–H groups in total. The first-order chi connectivity index (χ1) is 15.3. The predicted octanol–water partition coefficient (Wildman–Crippen LogP) is 4.39. The minimum atomic E-state index is -3.79. The lowest BCUT2D eigenvalue weighted by Gasteiger charge is -2.31. The number of thiazole rings is 2. The van der Waals surface area contributed by atoms with Crippen molar-refractivity contribution in [2.45, 2.75) is 24.7 Å². The van der Waals surface area contributed by atoms with E-state index in [1.165, 1.54) is 27.8 Å². The normalized spacial score (nSPS) is 17.8. The van der Waals surface area contributed by atoms with Crippen LogP contribution in [0.4, 0.5) is 9.52 Å². The van der Waals surface area contributed by atoms with Crippen molar-refractivity contribution in [3.8, 4) is 0 Å². The fourth-order valence-electron chi connectivity index (χ4n) is 3.88. The van der Waals surface area contributed by atoms with Gasteiger partial charge in [0.15, 0.2) is 5.13 Å². The summed E-state index contributed by atoms with van der Waals surface area (Å²) in [6.45, 7) is 2.35. The monoisotopic (exact) mass is 490 g/mol. The van der Waals surface area contributed by atoms with Crippen LogP contribution in [0.15, 0.2) is 41.3 Å². The van der Waals surface area contributed by atoms with Gasteiger partial charge in [-0.1, -0.05) is 11.3 Å². The Hall–Kier alpha value is -2.47. The van der Waals surface area contributed by atoms with Crippen LogP contribution in [0.1, 0.15) is 17.8 Å². The number of anilines is 1. The molecule has 0 bridgehead atoms. The molecule has 1 saturated heterocycles. The van der Waals surface area contributed by atoms with E-state index in [0.29, 0.717) is 24.5 Å². The van der Waals surface area contributed by atoms with Gasteiger partial charge < -0.3 is 5.32 Å². The number of benzene rings is 2. The maximum Gasteiger partial charge on any atom is 0.243 e. The Morgan fingerprint density at radius 3 is 2.72 bits per heavy atom. The van der Waals surface area contributed by atoms with Gasteiger partial charge in [-0.2, -0.15) is 4.31 Å². The number of aromatic nitrogens is 2. The molecule has 0 saturated carbocycles. The minimum absolute atomic E-state index is 0.0219. The number of hydrogen-bond acceptors (Lipinski definition) is 7. The van der Waals surface area contributed by atoms with E-state index in [0.717, 1.165) is 37.6 Å². The molecule has 166 valence electrons. The molecule has 5 rings (SSSR count). The Balaban J connectivity index is 1.34. The summed E-state index contributed by atoms with van der Waals surface area (Å²) in [5.74, 6) is -1.25. The molecule has 1 atom stereocenters. The Kier molecular flexibility index (Phi) is 5.44. The van der Waals surface area contributed by atoms with Crippen molar-refractivity contribution >= 4 is 64.2 Å². The first kappa shape index (κ1) is 21.4. The number of halogens is 1. The van der Waals surface area contributed by atoms with Crippen LogP contribution in [0, 0.1) is 18.7 Å². The molecule has 1 fully saturated rings. The number of nitrogens with zero attached hydrogens (tertiary/aromatic N) is 3. The highest BCUT2D eigenvalue weighted by molar-refractivity contribution is 7.89. The fraction of sp³-hybridized carbons (Fsp3) is 0.286. The third kappa shape index (κ3) is 3.90. The molecule has 1 amide bonds. The largest absolute Gasteiger partial charge is 0.302 e.